The second kappa shape index (κ2) is 7.01. The molecule has 1 aliphatic rings. The van der Waals surface area contributed by atoms with Crippen LogP contribution in [-0.4, -0.2) is 39.7 Å². The highest BCUT2D eigenvalue weighted by Gasteiger charge is 2.21. The van der Waals surface area contributed by atoms with E-state index in [1.54, 1.807) is 0 Å². The van der Waals surface area contributed by atoms with Crippen LogP contribution in [0.5, 0.6) is 0 Å². The van der Waals surface area contributed by atoms with E-state index in [4.69, 9.17) is 4.74 Å². The Morgan fingerprint density at radius 3 is 2.95 bits per heavy atom. The van der Waals surface area contributed by atoms with Crippen molar-refractivity contribution in [2.24, 2.45) is 5.92 Å². The molecule has 0 saturated heterocycles. The van der Waals surface area contributed by atoms with Gasteiger partial charge in [0.2, 0.25) is 10.0 Å². The first kappa shape index (κ1) is 15.2. The first-order valence-corrected chi connectivity index (χ1v) is 8.37. The van der Waals surface area contributed by atoms with Crippen molar-refractivity contribution in [3.63, 3.8) is 0 Å². The summed E-state index contributed by atoms with van der Waals surface area (Å²) in [6.07, 6.45) is 3.95. The van der Waals surface area contributed by atoms with Gasteiger partial charge in [-0.2, -0.15) is 0 Å². The van der Waals surface area contributed by atoms with Gasteiger partial charge in [0.25, 0.3) is 0 Å². The molecule has 112 valence electrons. The van der Waals surface area contributed by atoms with Gasteiger partial charge in [0.15, 0.2) is 0 Å². The number of nitrogens with one attached hydrogen (secondary N) is 2. The largest absolute Gasteiger partial charge is 0.380 e. The van der Waals surface area contributed by atoms with E-state index in [-0.39, 0.29) is 11.4 Å². The Hall–Kier alpha value is -1.18. The molecular weight excluding hydrogens is 278 g/mol. The quantitative estimate of drug-likeness (QED) is 0.670. The summed E-state index contributed by atoms with van der Waals surface area (Å²) in [6, 6.07) is 3.01. The van der Waals surface area contributed by atoms with Gasteiger partial charge in [-0.05, 0) is 31.7 Å². The minimum atomic E-state index is -3.50. The zero-order valence-electron chi connectivity index (χ0n) is 11.6. The zero-order valence-corrected chi connectivity index (χ0v) is 12.4. The standard InChI is InChI=1S/C13H21N3O3S/c1-2-14-13-9-12(5-6-15-13)20(17,18)16-7-8-19-10-11-3-4-11/h5-6,9,11,16H,2-4,7-8,10H2,1H3,(H,14,15). The molecule has 1 fully saturated rings. The van der Waals surface area contributed by atoms with Crippen molar-refractivity contribution in [2.75, 3.05) is 31.6 Å². The number of hydrogen-bond donors (Lipinski definition) is 2. The van der Waals surface area contributed by atoms with Crippen molar-refractivity contribution >= 4 is 15.8 Å². The molecule has 1 aromatic rings. The number of aromatic nitrogens is 1. The minimum absolute atomic E-state index is 0.214. The van der Waals surface area contributed by atoms with Gasteiger partial charge in [0.1, 0.15) is 5.82 Å². The van der Waals surface area contributed by atoms with Crippen LogP contribution < -0.4 is 10.0 Å². The lowest BCUT2D eigenvalue weighted by molar-refractivity contribution is 0.129. The molecule has 0 spiro atoms. The fourth-order valence-corrected chi connectivity index (χ4v) is 2.75. The number of rotatable bonds is 9. The first-order chi connectivity index (χ1) is 9.62. The highest BCUT2D eigenvalue weighted by molar-refractivity contribution is 7.89. The normalized spacial score (nSPS) is 15.2. The van der Waals surface area contributed by atoms with Crippen LogP contribution in [0.3, 0.4) is 0 Å². The molecule has 20 heavy (non-hydrogen) atoms. The van der Waals surface area contributed by atoms with Crippen LogP contribution in [0.25, 0.3) is 0 Å². The Labute approximate surface area is 120 Å². The molecule has 0 radical (unpaired) electrons. The maximum Gasteiger partial charge on any atom is 0.240 e. The number of nitrogens with zero attached hydrogens (tertiary/aromatic N) is 1. The fourth-order valence-electron chi connectivity index (χ4n) is 1.72. The van der Waals surface area contributed by atoms with Crippen LogP contribution in [0.1, 0.15) is 19.8 Å². The second-order valence-electron chi connectivity index (χ2n) is 4.82. The molecule has 1 aromatic heterocycles. The summed E-state index contributed by atoms with van der Waals surface area (Å²) in [4.78, 5) is 4.26. The van der Waals surface area contributed by atoms with Crippen LogP contribution in [0, 0.1) is 5.92 Å². The molecule has 1 heterocycles. The van der Waals surface area contributed by atoms with Gasteiger partial charge in [0.05, 0.1) is 11.5 Å². The maximum atomic E-state index is 12.1. The molecule has 0 amide bonds. The topological polar surface area (TPSA) is 80.3 Å². The van der Waals surface area contributed by atoms with E-state index < -0.39 is 10.0 Å². The zero-order chi connectivity index (χ0) is 14.4. The SMILES string of the molecule is CCNc1cc(S(=O)(=O)NCCOCC2CC2)ccn1. The Morgan fingerprint density at radius 1 is 1.45 bits per heavy atom. The summed E-state index contributed by atoms with van der Waals surface area (Å²) in [5.41, 5.74) is 0. The predicted molar refractivity (Wildman–Crippen MR) is 77.1 cm³/mol. The summed E-state index contributed by atoms with van der Waals surface area (Å²) in [6.45, 7) is 4.05. The van der Waals surface area contributed by atoms with Crippen molar-refractivity contribution in [2.45, 2.75) is 24.7 Å². The van der Waals surface area contributed by atoms with Gasteiger partial charge >= 0.3 is 0 Å². The molecule has 7 heteroatoms. The van der Waals surface area contributed by atoms with E-state index in [0.29, 0.717) is 24.9 Å². The van der Waals surface area contributed by atoms with Crippen LogP contribution in [0.4, 0.5) is 5.82 Å². The Bertz CT molecular complexity index is 529. The van der Waals surface area contributed by atoms with Crippen molar-refractivity contribution in [1.82, 2.24) is 9.71 Å². The molecule has 1 aliphatic carbocycles. The van der Waals surface area contributed by atoms with E-state index in [1.165, 1.54) is 31.2 Å². The van der Waals surface area contributed by atoms with Gasteiger partial charge in [0, 0.05) is 32.0 Å². The Balaban J connectivity index is 1.83. The third-order valence-electron chi connectivity index (χ3n) is 2.99. The van der Waals surface area contributed by atoms with Gasteiger partial charge in [-0.3, -0.25) is 0 Å². The van der Waals surface area contributed by atoms with Gasteiger partial charge in [-0.15, -0.1) is 0 Å². The number of pyridine rings is 1. The molecule has 0 unspecified atom stereocenters. The summed E-state index contributed by atoms with van der Waals surface area (Å²) in [5, 5.41) is 2.99. The van der Waals surface area contributed by atoms with Crippen molar-refractivity contribution in [3.05, 3.63) is 18.3 Å². The predicted octanol–water partition coefficient (Wildman–Crippen LogP) is 1.22. The van der Waals surface area contributed by atoms with Gasteiger partial charge < -0.3 is 10.1 Å². The summed E-state index contributed by atoms with van der Waals surface area (Å²) >= 11 is 0. The summed E-state index contributed by atoms with van der Waals surface area (Å²) in [5.74, 6) is 1.25. The molecule has 2 N–H and O–H groups in total. The Kier molecular flexibility index (Phi) is 5.33. The molecule has 0 atom stereocenters. The lowest BCUT2D eigenvalue weighted by Gasteiger charge is -2.08. The maximum absolute atomic E-state index is 12.1. The van der Waals surface area contributed by atoms with Crippen LogP contribution in [0.15, 0.2) is 23.2 Å². The lowest BCUT2D eigenvalue weighted by Crippen LogP contribution is -2.27. The monoisotopic (exact) mass is 299 g/mol. The number of anilines is 1. The molecule has 0 aliphatic heterocycles. The number of ether oxygens (including phenoxy) is 1. The highest BCUT2D eigenvalue weighted by atomic mass is 32.2. The second-order valence-corrected chi connectivity index (χ2v) is 6.59. The fraction of sp³-hybridized carbons (Fsp3) is 0.615. The van der Waals surface area contributed by atoms with Gasteiger partial charge in [-0.25, -0.2) is 18.1 Å². The van der Waals surface area contributed by atoms with Crippen molar-refractivity contribution in [3.8, 4) is 0 Å². The third kappa shape index (κ3) is 4.73. The average Bonchev–Trinajstić information content (AvgIpc) is 3.23. The Morgan fingerprint density at radius 2 is 2.25 bits per heavy atom. The van der Waals surface area contributed by atoms with Crippen molar-refractivity contribution < 1.29 is 13.2 Å². The van der Waals surface area contributed by atoms with Crippen LogP contribution in [0.2, 0.25) is 0 Å². The summed E-state index contributed by atoms with van der Waals surface area (Å²) in [7, 11) is -3.50. The van der Waals surface area contributed by atoms with Crippen molar-refractivity contribution in [1.29, 1.82) is 0 Å². The molecule has 6 nitrogen and oxygen atoms in total. The summed E-state index contributed by atoms with van der Waals surface area (Å²) < 4.78 is 32.1. The molecule has 0 aromatic carbocycles. The smallest absolute Gasteiger partial charge is 0.240 e. The average molecular weight is 299 g/mol. The first-order valence-electron chi connectivity index (χ1n) is 6.89. The highest BCUT2D eigenvalue weighted by Crippen LogP contribution is 2.28. The van der Waals surface area contributed by atoms with E-state index in [9.17, 15) is 8.42 Å². The van der Waals surface area contributed by atoms with E-state index in [2.05, 4.69) is 15.0 Å². The van der Waals surface area contributed by atoms with Crippen LogP contribution >= 0.6 is 0 Å². The van der Waals surface area contributed by atoms with E-state index >= 15 is 0 Å². The molecular formula is C13H21N3O3S. The third-order valence-corrected chi connectivity index (χ3v) is 4.45. The number of hydrogen-bond acceptors (Lipinski definition) is 5. The van der Waals surface area contributed by atoms with E-state index in [1.807, 2.05) is 6.92 Å². The molecule has 2 rings (SSSR count). The van der Waals surface area contributed by atoms with Crippen LogP contribution in [-0.2, 0) is 14.8 Å². The lowest BCUT2D eigenvalue weighted by atomic mass is 10.4. The van der Waals surface area contributed by atoms with E-state index in [0.717, 1.165) is 6.61 Å². The number of sulfonamides is 1. The molecule has 1 saturated carbocycles. The molecule has 0 bridgehead atoms. The minimum Gasteiger partial charge on any atom is -0.380 e. The van der Waals surface area contributed by atoms with Gasteiger partial charge in [-0.1, -0.05) is 0 Å².